The fraction of sp³-hybridized carbons (Fsp3) is 0.235. The molecule has 4 nitrogen and oxygen atoms in total. The van der Waals surface area contributed by atoms with Crippen molar-refractivity contribution in [1.29, 1.82) is 0 Å². The van der Waals surface area contributed by atoms with E-state index in [4.69, 9.17) is 10.5 Å². The van der Waals surface area contributed by atoms with Crippen LogP contribution in [0.4, 0.5) is 5.69 Å². The van der Waals surface area contributed by atoms with E-state index in [2.05, 4.69) is 17.4 Å². The van der Waals surface area contributed by atoms with Gasteiger partial charge >= 0.3 is 0 Å². The van der Waals surface area contributed by atoms with E-state index in [1.54, 1.807) is 25.3 Å². The Morgan fingerprint density at radius 2 is 1.95 bits per heavy atom. The van der Waals surface area contributed by atoms with E-state index in [-0.39, 0.29) is 5.91 Å². The van der Waals surface area contributed by atoms with Crippen LogP contribution < -0.4 is 15.8 Å². The number of benzene rings is 2. The average molecular weight is 284 g/mol. The van der Waals surface area contributed by atoms with Crippen molar-refractivity contribution in [2.45, 2.75) is 12.8 Å². The fourth-order valence-electron chi connectivity index (χ4n) is 2.09. The first-order valence-corrected chi connectivity index (χ1v) is 6.96. The van der Waals surface area contributed by atoms with Gasteiger partial charge in [-0.15, -0.1) is 0 Å². The van der Waals surface area contributed by atoms with Crippen molar-refractivity contribution >= 4 is 11.6 Å². The summed E-state index contributed by atoms with van der Waals surface area (Å²) in [6, 6.07) is 15.3. The number of nitrogen functional groups attached to an aromatic ring is 1. The highest BCUT2D eigenvalue weighted by atomic mass is 16.5. The van der Waals surface area contributed by atoms with Gasteiger partial charge in [0.1, 0.15) is 5.75 Å². The zero-order valence-corrected chi connectivity index (χ0v) is 12.1. The molecule has 1 amide bonds. The first kappa shape index (κ1) is 14.9. The normalized spacial score (nSPS) is 10.1. The Kier molecular flexibility index (Phi) is 5.21. The zero-order valence-electron chi connectivity index (χ0n) is 12.1. The van der Waals surface area contributed by atoms with Crippen LogP contribution in [-0.2, 0) is 6.42 Å². The highest BCUT2D eigenvalue weighted by Crippen LogP contribution is 2.19. The van der Waals surface area contributed by atoms with Gasteiger partial charge in [-0.1, -0.05) is 30.3 Å². The Bertz CT molecular complexity index is 597. The summed E-state index contributed by atoms with van der Waals surface area (Å²) < 4.78 is 5.11. The molecule has 110 valence electrons. The largest absolute Gasteiger partial charge is 0.497 e. The Hall–Kier alpha value is -2.49. The predicted molar refractivity (Wildman–Crippen MR) is 84.5 cm³/mol. The van der Waals surface area contributed by atoms with E-state index < -0.39 is 0 Å². The van der Waals surface area contributed by atoms with E-state index in [1.807, 2.05) is 18.2 Å². The van der Waals surface area contributed by atoms with Crippen molar-refractivity contribution in [3.8, 4) is 5.75 Å². The molecule has 21 heavy (non-hydrogen) atoms. The molecule has 0 aliphatic carbocycles. The third-order valence-corrected chi connectivity index (χ3v) is 3.28. The van der Waals surface area contributed by atoms with Gasteiger partial charge < -0.3 is 15.8 Å². The van der Waals surface area contributed by atoms with Crippen molar-refractivity contribution in [1.82, 2.24) is 5.32 Å². The molecular weight excluding hydrogens is 264 g/mol. The minimum atomic E-state index is -0.167. The molecule has 2 aromatic carbocycles. The van der Waals surface area contributed by atoms with E-state index in [0.29, 0.717) is 23.5 Å². The Labute approximate surface area is 124 Å². The van der Waals surface area contributed by atoms with Crippen molar-refractivity contribution in [2.75, 3.05) is 19.4 Å². The first-order valence-electron chi connectivity index (χ1n) is 6.96. The molecule has 0 aliphatic heterocycles. The number of methoxy groups -OCH3 is 1. The monoisotopic (exact) mass is 284 g/mol. The number of anilines is 1. The van der Waals surface area contributed by atoms with Crippen LogP contribution in [0.2, 0.25) is 0 Å². The third-order valence-electron chi connectivity index (χ3n) is 3.28. The van der Waals surface area contributed by atoms with Crippen LogP contribution in [0, 0.1) is 0 Å². The molecule has 0 spiro atoms. The number of nitrogens with one attached hydrogen (secondary N) is 1. The zero-order chi connectivity index (χ0) is 15.1. The van der Waals surface area contributed by atoms with Gasteiger partial charge in [0.05, 0.1) is 12.7 Å². The van der Waals surface area contributed by atoms with Crippen LogP contribution in [0.3, 0.4) is 0 Å². The quantitative estimate of drug-likeness (QED) is 0.633. The van der Waals surface area contributed by atoms with Crippen LogP contribution in [0.1, 0.15) is 22.3 Å². The number of nitrogens with two attached hydrogens (primary N) is 1. The maximum Gasteiger partial charge on any atom is 0.253 e. The number of carbonyl (C=O) groups excluding carboxylic acids is 1. The number of hydrogen-bond donors (Lipinski definition) is 2. The summed E-state index contributed by atoms with van der Waals surface area (Å²) in [5.41, 5.74) is 8.00. The number of amides is 1. The van der Waals surface area contributed by atoms with Gasteiger partial charge in [0.25, 0.3) is 5.91 Å². The van der Waals surface area contributed by atoms with Gasteiger partial charge in [-0.2, -0.15) is 0 Å². The molecular formula is C17H20N2O2. The van der Waals surface area contributed by atoms with E-state index >= 15 is 0 Å². The number of carbonyl (C=O) groups is 1. The van der Waals surface area contributed by atoms with Gasteiger partial charge in [0.2, 0.25) is 0 Å². The molecule has 0 unspecified atom stereocenters. The molecule has 0 radical (unpaired) electrons. The first-order chi connectivity index (χ1) is 10.2. The summed E-state index contributed by atoms with van der Waals surface area (Å²) >= 11 is 0. The lowest BCUT2D eigenvalue weighted by atomic mass is 10.1. The molecule has 0 aliphatic rings. The summed E-state index contributed by atoms with van der Waals surface area (Å²) in [5.74, 6) is 0.457. The molecule has 4 heteroatoms. The second-order valence-electron chi connectivity index (χ2n) is 4.80. The molecule has 0 saturated heterocycles. The molecule has 3 N–H and O–H groups in total. The van der Waals surface area contributed by atoms with Gasteiger partial charge in [-0.25, -0.2) is 0 Å². The topological polar surface area (TPSA) is 64.3 Å². The maximum atomic E-state index is 12.1. The molecule has 0 bridgehead atoms. The minimum Gasteiger partial charge on any atom is -0.497 e. The van der Waals surface area contributed by atoms with Crippen LogP contribution in [0.15, 0.2) is 48.5 Å². The molecule has 0 heterocycles. The second kappa shape index (κ2) is 7.33. The SMILES string of the molecule is COc1ccc(N)c(C(=O)NCCCc2ccccc2)c1. The van der Waals surface area contributed by atoms with Crippen molar-refractivity contribution in [2.24, 2.45) is 0 Å². The van der Waals surface area contributed by atoms with Gasteiger partial charge in [-0.05, 0) is 36.6 Å². The van der Waals surface area contributed by atoms with Crippen molar-refractivity contribution in [3.05, 3.63) is 59.7 Å². The number of ether oxygens (including phenoxy) is 1. The highest BCUT2D eigenvalue weighted by Gasteiger charge is 2.10. The van der Waals surface area contributed by atoms with Crippen LogP contribution in [0.25, 0.3) is 0 Å². The summed E-state index contributed by atoms with van der Waals surface area (Å²) in [5, 5.41) is 2.89. The Morgan fingerprint density at radius 3 is 2.67 bits per heavy atom. The lowest BCUT2D eigenvalue weighted by Gasteiger charge is -2.09. The smallest absolute Gasteiger partial charge is 0.253 e. The number of hydrogen-bond acceptors (Lipinski definition) is 3. The summed E-state index contributed by atoms with van der Waals surface area (Å²) in [4.78, 5) is 12.1. The molecule has 2 rings (SSSR count). The van der Waals surface area contributed by atoms with Gasteiger partial charge in [-0.3, -0.25) is 4.79 Å². The maximum absolute atomic E-state index is 12.1. The van der Waals surface area contributed by atoms with Crippen molar-refractivity contribution in [3.63, 3.8) is 0 Å². The average Bonchev–Trinajstić information content (AvgIpc) is 2.53. The molecule has 0 atom stereocenters. The van der Waals surface area contributed by atoms with Gasteiger partial charge in [0.15, 0.2) is 0 Å². The summed E-state index contributed by atoms with van der Waals surface area (Å²) in [6.07, 6.45) is 1.83. The number of rotatable bonds is 6. The van der Waals surface area contributed by atoms with E-state index in [9.17, 15) is 4.79 Å². The standard InChI is InChI=1S/C17H20N2O2/c1-21-14-9-10-16(18)15(12-14)17(20)19-11-5-8-13-6-3-2-4-7-13/h2-4,6-7,9-10,12H,5,8,11,18H2,1H3,(H,19,20). The summed E-state index contributed by atoms with van der Waals surface area (Å²) in [6.45, 7) is 0.615. The molecule has 2 aromatic rings. The van der Waals surface area contributed by atoms with Crippen LogP contribution in [0.5, 0.6) is 5.75 Å². The predicted octanol–water partition coefficient (Wildman–Crippen LogP) is 2.64. The van der Waals surface area contributed by atoms with Crippen LogP contribution >= 0.6 is 0 Å². The molecule has 0 fully saturated rings. The van der Waals surface area contributed by atoms with Gasteiger partial charge in [0, 0.05) is 12.2 Å². The summed E-state index contributed by atoms with van der Waals surface area (Å²) in [7, 11) is 1.56. The van der Waals surface area contributed by atoms with E-state index in [0.717, 1.165) is 12.8 Å². The Balaban J connectivity index is 1.84. The lowest BCUT2D eigenvalue weighted by molar-refractivity contribution is 0.0954. The van der Waals surface area contributed by atoms with Crippen LogP contribution in [-0.4, -0.2) is 19.6 Å². The molecule has 0 aromatic heterocycles. The highest BCUT2D eigenvalue weighted by molar-refractivity contribution is 5.99. The third kappa shape index (κ3) is 4.24. The lowest BCUT2D eigenvalue weighted by Crippen LogP contribution is -2.25. The molecule has 0 saturated carbocycles. The second-order valence-corrected chi connectivity index (χ2v) is 4.80. The minimum absolute atomic E-state index is 0.167. The number of aryl methyl sites for hydroxylation is 1. The van der Waals surface area contributed by atoms with Crippen molar-refractivity contribution < 1.29 is 9.53 Å². The van der Waals surface area contributed by atoms with E-state index in [1.165, 1.54) is 5.56 Å². The fourth-order valence-corrected chi connectivity index (χ4v) is 2.09. The Morgan fingerprint density at radius 1 is 1.19 bits per heavy atom.